The average molecular weight is 398 g/mol. The number of esters is 1. The van der Waals surface area contributed by atoms with Crippen molar-refractivity contribution >= 4 is 11.8 Å². The predicted octanol–water partition coefficient (Wildman–Crippen LogP) is 3.98. The van der Waals surface area contributed by atoms with Gasteiger partial charge < -0.3 is 14.9 Å². The highest BCUT2D eigenvalue weighted by Crippen LogP contribution is 2.48. The Morgan fingerprint density at radius 3 is 1.97 bits per heavy atom. The van der Waals surface area contributed by atoms with E-state index in [0.29, 0.717) is 16.7 Å². The number of fused-ring (bicyclic) bond motifs is 2. The Bertz CT molecular complexity index is 1150. The molecule has 0 saturated carbocycles. The fourth-order valence-electron chi connectivity index (χ4n) is 4.11. The van der Waals surface area contributed by atoms with E-state index in [1.54, 1.807) is 48.5 Å². The Labute approximate surface area is 173 Å². The second kappa shape index (κ2) is 7.41. The summed E-state index contributed by atoms with van der Waals surface area (Å²) in [6.45, 7) is 0. The van der Waals surface area contributed by atoms with Crippen LogP contribution in [0.4, 0.5) is 0 Å². The number of ether oxygens (including phenoxy) is 1. The van der Waals surface area contributed by atoms with Gasteiger partial charge in [0, 0.05) is 5.92 Å². The summed E-state index contributed by atoms with van der Waals surface area (Å²) in [5, 5.41) is 20.8. The van der Waals surface area contributed by atoms with Gasteiger partial charge >= 0.3 is 5.97 Å². The van der Waals surface area contributed by atoms with Crippen LogP contribution in [0, 0.1) is 12.3 Å². The minimum Gasteiger partial charge on any atom is -0.507 e. The average Bonchev–Trinajstić information content (AvgIpc) is 2.76. The number of phenols is 2. The van der Waals surface area contributed by atoms with E-state index in [1.807, 2.05) is 0 Å². The standard InChI is InChI=1S/C25H18O5/c1-3-16(14-10-12-15(13-11-14)25(29)30-2)21-17-6-4-8-19(26)22(17)24(28)23-18(21)7-5-9-20(23)27/h1,4-13,16,21,26-27H,2H3/t16-/m1/s1. The summed E-state index contributed by atoms with van der Waals surface area (Å²) in [6, 6.07) is 16.5. The van der Waals surface area contributed by atoms with E-state index in [4.69, 9.17) is 11.2 Å². The van der Waals surface area contributed by atoms with E-state index in [2.05, 4.69) is 5.92 Å². The minimum atomic E-state index is -0.508. The molecule has 2 N–H and O–H groups in total. The summed E-state index contributed by atoms with van der Waals surface area (Å²) in [5.74, 6) is 0.606. The zero-order chi connectivity index (χ0) is 21.4. The van der Waals surface area contributed by atoms with Gasteiger partial charge in [0.15, 0.2) is 0 Å². The molecule has 3 aromatic rings. The smallest absolute Gasteiger partial charge is 0.337 e. The van der Waals surface area contributed by atoms with Gasteiger partial charge in [0.2, 0.25) is 5.78 Å². The molecule has 5 nitrogen and oxygen atoms in total. The van der Waals surface area contributed by atoms with Crippen molar-refractivity contribution in [2.24, 2.45) is 0 Å². The zero-order valence-corrected chi connectivity index (χ0v) is 16.1. The number of terminal acetylenes is 1. The summed E-state index contributed by atoms with van der Waals surface area (Å²) in [7, 11) is 1.31. The Kier molecular flexibility index (Phi) is 4.77. The molecule has 0 heterocycles. The van der Waals surface area contributed by atoms with E-state index in [0.717, 1.165) is 5.56 Å². The Morgan fingerprint density at radius 1 is 0.967 bits per heavy atom. The number of ketones is 1. The molecule has 0 amide bonds. The van der Waals surface area contributed by atoms with Gasteiger partial charge in [-0.05, 0) is 41.0 Å². The highest BCUT2D eigenvalue weighted by molar-refractivity contribution is 6.16. The van der Waals surface area contributed by atoms with Gasteiger partial charge in [0.05, 0.1) is 29.7 Å². The third-order valence-electron chi connectivity index (χ3n) is 5.48. The first-order valence-corrected chi connectivity index (χ1v) is 9.30. The lowest BCUT2D eigenvalue weighted by atomic mass is 9.69. The normalized spacial score (nSPS) is 13.7. The first-order valence-electron chi connectivity index (χ1n) is 9.30. The van der Waals surface area contributed by atoms with Crippen LogP contribution in [0.1, 0.15) is 54.8 Å². The molecule has 0 spiro atoms. The molecule has 1 atom stereocenters. The van der Waals surface area contributed by atoms with Crippen LogP contribution in [-0.4, -0.2) is 29.1 Å². The van der Waals surface area contributed by atoms with Gasteiger partial charge in [-0.2, -0.15) is 0 Å². The van der Waals surface area contributed by atoms with Crippen molar-refractivity contribution in [2.45, 2.75) is 11.8 Å². The van der Waals surface area contributed by atoms with Crippen LogP contribution in [0.3, 0.4) is 0 Å². The van der Waals surface area contributed by atoms with Gasteiger partial charge in [0.25, 0.3) is 0 Å². The summed E-state index contributed by atoms with van der Waals surface area (Å²) < 4.78 is 4.74. The number of methoxy groups -OCH3 is 1. The van der Waals surface area contributed by atoms with Crippen LogP contribution in [0.5, 0.6) is 11.5 Å². The summed E-state index contributed by atoms with van der Waals surface area (Å²) in [4.78, 5) is 24.8. The van der Waals surface area contributed by atoms with E-state index in [1.165, 1.54) is 19.2 Å². The van der Waals surface area contributed by atoms with E-state index >= 15 is 0 Å². The van der Waals surface area contributed by atoms with Gasteiger partial charge in [-0.15, -0.1) is 6.42 Å². The maximum absolute atomic E-state index is 13.1. The molecule has 0 radical (unpaired) electrons. The topological polar surface area (TPSA) is 83.8 Å². The monoisotopic (exact) mass is 398 g/mol. The van der Waals surface area contributed by atoms with Crippen molar-refractivity contribution in [3.63, 3.8) is 0 Å². The van der Waals surface area contributed by atoms with Crippen molar-refractivity contribution in [3.8, 4) is 23.8 Å². The highest BCUT2D eigenvalue weighted by Gasteiger charge is 2.38. The van der Waals surface area contributed by atoms with Crippen LogP contribution in [0.2, 0.25) is 0 Å². The van der Waals surface area contributed by atoms with Crippen LogP contribution < -0.4 is 0 Å². The molecule has 5 heteroatoms. The first kappa shape index (κ1) is 19.3. The SMILES string of the molecule is C#C[C@H](c1ccc(C(=O)OC)cc1)C1c2cccc(O)c2C(=O)c2c(O)cccc21. The van der Waals surface area contributed by atoms with E-state index in [-0.39, 0.29) is 22.6 Å². The third kappa shape index (κ3) is 2.90. The second-order valence-corrected chi connectivity index (χ2v) is 7.05. The molecule has 148 valence electrons. The van der Waals surface area contributed by atoms with Crippen molar-refractivity contribution in [3.05, 3.63) is 94.0 Å². The molecule has 4 rings (SSSR count). The van der Waals surface area contributed by atoms with Gasteiger partial charge in [-0.1, -0.05) is 42.3 Å². The summed E-state index contributed by atoms with van der Waals surface area (Å²) >= 11 is 0. The molecule has 0 unspecified atom stereocenters. The maximum Gasteiger partial charge on any atom is 0.337 e. The Hall–Kier alpha value is -4.04. The fraction of sp³-hybridized carbons (Fsp3) is 0.120. The Balaban J connectivity index is 1.92. The molecular formula is C25H18O5. The molecule has 0 saturated heterocycles. The van der Waals surface area contributed by atoms with Gasteiger partial charge in [-0.3, -0.25) is 4.79 Å². The van der Waals surface area contributed by atoms with Crippen molar-refractivity contribution in [2.75, 3.05) is 7.11 Å². The van der Waals surface area contributed by atoms with Crippen LogP contribution in [0.25, 0.3) is 0 Å². The van der Waals surface area contributed by atoms with Crippen LogP contribution in [-0.2, 0) is 4.74 Å². The molecule has 0 aliphatic heterocycles. The fourth-order valence-corrected chi connectivity index (χ4v) is 4.11. The number of carbonyl (C=O) groups excluding carboxylic acids is 2. The molecule has 3 aromatic carbocycles. The van der Waals surface area contributed by atoms with E-state index < -0.39 is 23.6 Å². The number of rotatable bonds is 3. The lowest BCUT2D eigenvalue weighted by Crippen LogP contribution is -2.24. The van der Waals surface area contributed by atoms with E-state index in [9.17, 15) is 19.8 Å². The quantitative estimate of drug-likeness (QED) is 0.515. The molecule has 0 bridgehead atoms. The summed E-state index contributed by atoms with van der Waals surface area (Å²) in [6.07, 6.45) is 5.93. The van der Waals surface area contributed by atoms with Crippen LogP contribution in [0.15, 0.2) is 60.7 Å². The molecule has 0 fully saturated rings. The highest BCUT2D eigenvalue weighted by atomic mass is 16.5. The number of carbonyl (C=O) groups is 2. The number of aromatic hydroxyl groups is 2. The molecular weight excluding hydrogens is 380 g/mol. The molecule has 1 aliphatic rings. The second-order valence-electron chi connectivity index (χ2n) is 7.05. The van der Waals surface area contributed by atoms with Crippen molar-refractivity contribution in [1.82, 2.24) is 0 Å². The third-order valence-corrected chi connectivity index (χ3v) is 5.48. The van der Waals surface area contributed by atoms with Crippen molar-refractivity contribution in [1.29, 1.82) is 0 Å². The van der Waals surface area contributed by atoms with Gasteiger partial charge in [0.1, 0.15) is 11.5 Å². The molecule has 0 aromatic heterocycles. The minimum absolute atomic E-state index is 0.142. The predicted molar refractivity (Wildman–Crippen MR) is 111 cm³/mol. The molecule has 30 heavy (non-hydrogen) atoms. The summed E-state index contributed by atoms with van der Waals surface area (Å²) in [5.41, 5.74) is 2.63. The largest absolute Gasteiger partial charge is 0.507 e. The number of hydrogen-bond acceptors (Lipinski definition) is 5. The Morgan fingerprint density at radius 2 is 1.50 bits per heavy atom. The number of phenolic OH excluding ortho intramolecular Hbond substituents is 2. The molecule has 1 aliphatic carbocycles. The number of hydrogen-bond donors (Lipinski definition) is 2. The first-order chi connectivity index (χ1) is 14.5. The maximum atomic E-state index is 13.1. The lowest BCUT2D eigenvalue weighted by molar-refractivity contribution is 0.0600. The van der Waals surface area contributed by atoms with Gasteiger partial charge in [-0.25, -0.2) is 4.79 Å². The zero-order valence-electron chi connectivity index (χ0n) is 16.1. The van der Waals surface area contributed by atoms with Crippen LogP contribution >= 0.6 is 0 Å². The van der Waals surface area contributed by atoms with Crippen molar-refractivity contribution < 1.29 is 24.5 Å². The number of benzene rings is 3. The lowest BCUT2D eigenvalue weighted by Gasteiger charge is -2.32.